The van der Waals surface area contributed by atoms with Gasteiger partial charge in [0.15, 0.2) is 0 Å². The number of piperidine rings is 1. The zero-order valence-electron chi connectivity index (χ0n) is 11.0. The molecule has 0 amide bonds. The summed E-state index contributed by atoms with van der Waals surface area (Å²) in [6, 6.07) is 0. The molecular weight excluding hydrogens is 212 g/mol. The van der Waals surface area contributed by atoms with E-state index in [-0.39, 0.29) is 0 Å². The lowest BCUT2D eigenvalue weighted by Crippen LogP contribution is -2.34. The van der Waals surface area contributed by atoms with Crippen LogP contribution in [0.2, 0.25) is 0 Å². The quantitative estimate of drug-likeness (QED) is 0.837. The molecule has 17 heavy (non-hydrogen) atoms. The largest absolute Gasteiger partial charge is 0.317 e. The standard InChI is InChI=1S/C13H24N4/c1-3-17-11-13(8-15-17)10-16(2)9-12-4-6-14-7-5-12/h8,11-12,14H,3-7,9-10H2,1-2H3. The Hall–Kier alpha value is -0.870. The Morgan fingerprint density at radius 2 is 2.24 bits per heavy atom. The topological polar surface area (TPSA) is 33.1 Å². The van der Waals surface area contributed by atoms with Crippen molar-refractivity contribution in [1.82, 2.24) is 20.0 Å². The van der Waals surface area contributed by atoms with E-state index in [1.54, 1.807) is 0 Å². The molecule has 0 radical (unpaired) electrons. The third-order valence-corrected chi connectivity index (χ3v) is 3.49. The number of nitrogens with one attached hydrogen (secondary N) is 1. The van der Waals surface area contributed by atoms with E-state index < -0.39 is 0 Å². The van der Waals surface area contributed by atoms with E-state index in [4.69, 9.17) is 0 Å². The Kier molecular flexibility index (Phi) is 4.57. The summed E-state index contributed by atoms with van der Waals surface area (Å²) in [7, 11) is 2.21. The summed E-state index contributed by atoms with van der Waals surface area (Å²) >= 11 is 0. The molecule has 1 aliphatic heterocycles. The molecule has 1 N–H and O–H groups in total. The van der Waals surface area contributed by atoms with Gasteiger partial charge in [0.05, 0.1) is 6.20 Å². The molecule has 1 aromatic rings. The fourth-order valence-corrected chi connectivity index (χ4v) is 2.54. The molecule has 1 fully saturated rings. The second-order valence-corrected chi connectivity index (χ2v) is 5.09. The second kappa shape index (κ2) is 6.17. The van der Waals surface area contributed by atoms with E-state index in [9.17, 15) is 0 Å². The maximum Gasteiger partial charge on any atom is 0.0534 e. The Morgan fingerprint density at radius 3 is 2.88 bits per heavy atom. The smallest absolute Gasteiger partial charge is 0.0534 e. The van der Waals surface area contributed by atoms with Crippen molar-refractivity contribution in [1.29, 1.82) is 0 Å². The van der Waals surface area contributed by atoms with E-state index in [0.717, 1.165) is 19.0 Å². The summed E-state index contributed by atoms with van der Waals surface area (Å²) in [6.07, 6.45) is 6.78. The normalized spacial score (nSPS) is 17.8. The molecule has 1 aromatic heterocycles. The molecule has 1 aliphatic rings. The van der Waals surface area contributed by atoms with Gasteiger partial charge >= 0.3 is 0 Å². The van der Waals surface area contributed by atoms with Crippen LogP contribution in [0.4, 0.5) is 0 Å². The third-order valence-electron chi connectivity index (χ3n) is 3.49. The van der Waals surface area contributed by atoms with E-state index in [1.165, 1.54) is 38.0 Å². The first-order valence-corrected chi connectivity index (χ1v) is 6.68. The zero-order chi connectivity index (χ0) is 12.1. The zero-order valence-corrected chi connectivity index (χ0v) is 11.0. The molecule has 2 rings (SSSR count). The highest BCUT2D eigenvalue weighted by atomic mass is 15.3. The van der Waals surface area contributed by atoms with Crippen LogP contribution in [-0.2, 0) is 13.1 Å². The minimum Gasteiger partial charge on any atom is -0.317 e. The molecule has 0 atom stereocenters. The lowest BCUT2D eigenvalue weighted by molar-refractivity contribution is 0.234. The van der Waals surface area contributed by atoms with Gasteiger partial charge in [0, 0.05) is 31.4 Å². The van der Waals surface area contributed by atoms with E-state index in [0.29, 0.717) is 0 Å². The minimum atomic E-state index is 0.863. The molecule has 0 spiro atoms. The third kappa shape index (κ3) is 3.82. The van der Waals surface area contributed by atoms with Crippen LogP contribution in [0.25, 0.3) is 0 Å². The fourth-order valence-electron chi connectivity index (χ4n) is 2.54. The number of rotatable bonds is 5. The van der Waals surface area contributed by atoms with Crippen LogP contribution in [0.5, 0.6) is 0 Å². The van der Waals surface area contributed by atoms with Crippen LogP contribution in [0, 0.1) is 5.92 Å². The SMILES string of the molecule is CCn1cc(CN(C)CC2CCNCC2)cn1. The average molecular weight is 236 g/mol. The van der Waals surface area contributed by atoms with Crippen LogP contribution < -0.4 is 5.32 Å². The monoisotopic (exact) mass is 236 g/mol. The molecule has 0 aromatic carbocycles. The highest BCUT2D eigenvalue weighted by molar-refractivity contribution is 5.03. The van der Waals surface area contributed by atoms with Gasteiger partial charge in [-0.05, 0) is 45.8 Å². The summed E-state index contributed by atoms with van der Waals surface area (Å²) in [5, 5.41) is 7.73. The Morgan fingerprint density at radius 1 is 1.47 bits per heavy atom. The molecule has 0 saturated carbocycles. The van der Waals surface area contributed by atoms with Crippen molar-refractivity contribution in [2.45, 2.75) is 32.9 Å². The Labute approximate surface area is 104 Å². The minimum absolute atomic E-state index is 0.863. The van der Waals surface area contributed by atoms with Gasteiger partial charge in [0.25, 0.3) is 0 Å². The lowest BCUT2D eigenvalue weighted by Gasteiger charge is -2.27. The first kappa shape index (κ1) is 12.6. The Balaban J connectivity index is 1.77. The fraction of sp³-hybridized carbons (Fsp3) is 0.769. The van der Waals surface area contributed by atoms with Crippen molar-refractivity contribution in [2.24, 2.45) is 5.92 Å². The van der Waals surface area contributed by atoms with E-state index in [1.807, 2.05) is 10.9 Å². The van der Waals surface area contributed by atoms with Crippen molar-refractivity contribution in [3.8, 4) is 0 Å². The maximum atomic E-state index is 4.31. The highest BCUT2D eigenvalue weighted by Gasteiger charge is 2.15. The summed E-state index contributed by atoms with van der Waals surface area (Å²) in [5.41, 5.74) is 1.32. The molecule has 0 unspecified atom stereocenters. The second-order valence-electron chi connectivity index (χ2n) is 5.09. The lowest BCUT2D eigenvalue weighted by atomic mass is 9.97. The number of hydrogen-bond donors (Lipinski definition) is 1. The molecule has 2 heterocycles. The Bertz CT molecular complexity index is 328. The number of aryl methyl sites for hydroxylation is 1. The van der Waals surface area contributed by atoms with Gasteiger partial charge in [-0.1, -0.05) is 0 Å². The van der Waals surface area contributed by atoms with Crippen LogP contribution in [-0.4, -0.2) is 41.4 Å². The van der Waals surface area contributed by atoms with Crippen LogP contribution in [0.15, 0.2) is 12.4 Å². The van der Waals surface area contributed by atoms with E-state index in [2.05, 4.69) is 35.5 Å². The van der Waals surface area contributed by atoms with Crippen molar-refractivity contribution in [2.75, 3.05) is 26.7 Å². The summed E-state index contributed by atoms with van der Waals surface area (Å²) in [4.78, 5) is 2.42. The van der Waals surface area contributed by atoms with Gasteiger partial charge in [0.2, 0.25) is 0 Å². The molecule has 0 aliphatic carbocycles. The van der Waals surface area contributed by atoms with Crippen molar-refractivity contribution < 1.29 is 0 Å². The average Bonchev–Trinajstić information content (AvgIpc) is 2.78. The molecule has 4 heteroatoms. The maximum absolute atomic E-state index is 4.31. The van der Waals surface area contributed by atoms with Crippen molar-refractivity contribution in [3.05, 3.63) is 18.0 Å². The molecule has 96 valence electrons. The van der Waals surface area contributed by atoms with Crippen LogP contribution >= 0.6 is 0 Å². The molecular formula is C13H24N4. The first-order valence-electron chi connectivity index (χ1n) is 6.68. The molecule has 1 saturated heterocycles. The first-order chi connectivity index (χ1) is 8.28. The summed E-state index contributed by atoms with van der Waals surface area (Å²) in [5.74, 6) is 0.863. The highest BCUT2D eigenvalue weighted by Crippen LogP contribution is 2.14. The van der Waals surface area contributed by atoms with E-state index >= 15 is 0 Å². The number of aromatic nitrogens is 2. The molecule has 0 bridgehead atoms. The summed E-state index contributed by atoms with van der Waals surface area (Å²) < 4.78 is 1.99. The number of hydrogen-bond acceptors (Lipinski definition) is 3. The number of nitrogens with zero attached hydrogens (tertiary/aromatic N) is 3. The predicted molar refractivity (Wildman–Crippen MR) is 69.8 cm³/mol. The van der Waals surface area contributed by atoms with Crippen LogP contribution in [0.3, 0.4) is 0 Å². The van der Waals surface area contributed by atoms with Crippen molar-refractivity contribution >= 4 is 0 Å². The van der Waals surface area contributed by atoms with Crippen LogP contribution in [0.1, 0.15) is 25.3 Å². The van der Waals surface area contributed by atoms with Gasteiger partial charge in [0.1, 0.15) is 0 Å². The van der Waals surface area contributed by atoms with Gasteiger partial charge in [-0.3, -0.25) is 4.68 Å². The van der Waals surface area contributed by atoms with Gasteiger partial charge in [-0.25, -0.2) is 0 Å². The predicted octanol–water partition coefficient (Wildman–Crippen LogP) is 1.33. The van der Waals surface area contributed by atoms with Gasteiger partial charge in [-0.2, -0.15) is 5.10 Å². The van der Waals surface area contributed by atoms with Gasteiger partial charge < -0.3 is 10.2 Å². The van der Waals surface area contributed by atoms with Gasteiger partial charge in [-0.15, -0.1) is 0 Å². The molecule has 4 nitrogen and oxygen atoms in total. The summed E-state index contributed by atoms with van der Waals surface area (Å²) in [6.45, 7) is 7.68. The van der Waals surface area contributed by atoms with Crippen molar-refractivity contribution in [3.63, 3.8) is 0 Å².